The van der Waals surface area contributed by atoms with Crippen LogP contribution in [0.25, 0.3) is 0 Å². The Balaban J connectivity index is 2.85. The molecule has 3 heteroatoms. The molecule has 0 aliphatic heterocycles. The minimum Gasteiger partial charge on any atom is -0.343 e. The van der Waals surface area contributed by atoms with Gasteiger partial charge in [-0.1, -0.05) is 25.2 Å². The summed E-state index contributed by atoms with van der Waals surface area (Å²) in [6, 6.07) is 0. The summed E-state index contributed by atoms with van der Waals surface area (Å²) >= 11 is 0. The fourth-order valence-electron chi connectivity index (χ4n) is 1.72. The molecule has 1 rings (SSSR count). The minimum absolute atomic E-state index is 0.128. The van der Waals surface area contributed by atoms with E-state index in [1.807, 2.05) is 0 Å². The van der Waals surface area contributed by atoms with E-state index < -0.39 is 5.79 Å². The van der Waals surface area contributed by atoms with Crippen molar-refractivity contribution in [1.29, 1.82) is 0 Å². The molecule has 0 N–H and O–H groups in total. The summed E-state index contributed by atoms with van der Waals surface area (Å²) in [6.45, 7) is 3.87. The van der Waals surface area contributed by atoms with Gasteiger partial charge in [-0.25, -0.2) is 0 Å². The second-order valence-corrected chi connectivity index (χ2v) is 3.76. The monoisotopic (exact) mass is 222 g/mol. The van der Waals surface area contributed by atoms with Crippen LogP contribution in [0.15, 0.2) is 11.1 Å². The standard InChI is InChI=1S/C13H18O3/c1-5-6-7-8-9-11-10(2)12(14)13(11,15-3)16-4/h5-7H2,1-4H3. The summed E-state index contributed by atoms with van der Waals surface area (Å²) in [4.78, 5) is 11.7. The van der Waals surface area contributed by atoms with E-state index in [2.05, 4.69) is 18.8 Å². The molecule has 0 aromatic rings. The normalized spacial score (nSPS) is 17.9. The van der Waals surface area contributed by atoms with Crippen molar-refractivity contribution in [3.05, 3.63) is 11.1 Å². The van der Waals surface area contributed by atoms with Crippen LogP contribution in [-0.2, 0) is 14.3 Å². The van der Waals surface area contributed by atoms with Gasteiger partial charge in [0.05, 0.1) is 5.57 Å². The first-order valence-corrected chi connectivity index (χ1v) is 5.49. The van der Waals surface area contributed by atoms with Crippen molar-refractivity contribution >= 4 is 5.78 Å². The molecule has 3 nitrogen and oxygen atoms in total. The van der Waals surface area contributed by atoms with Crippen LogP contribution in [0.1, 0.15) is 33.1 Å². The van der Waals surface area contributed by atoms with Gasteiger partial charge in [0, 0.05) is 26.2 Å². The molecular weight excluding hydrogens is 204 g/mol. The van der Waals surface area contributed by atoms with Crippen molar-refractivity contribution in [2.45, 2.75) is 38.9 Å². The van der Waals surface area contributed by atoms with E-state index in [-0.39, 0.29) is 5.78 Å². The van der Waals surface area contributed by atoms with Crippen LogP contribution in [0.3, 0.4) is 0 Å². The van der Waals surface area contributed by atoms with E-state index in [1.165, 1.54) is 14.2 Å². The number of Topliss-reactive ketones (excluding diaryl/α,β-unsaturated/α-hetero) is 1. The van der Waals surface area contributed by atoms with Crippen LogP contribution in [0.2, 0.25) is 0 Å². The van der Waals surface area contributed by atoms with E-state index in [0.29, 0.717) is 11.1 Å². The Labute approximate surface area is 96.8 Å². The lowest BCUT2D eigenvalue weighted by Crippen LogP contribution is -2.53. The summed E-state index contributed by atoms with van der Waals surface area (Å²) in [5, 5.41) is 0. The molecule has 0 fully saturated rings. The van der Waals surface area contributed by atoms with E-state index in [1.54, 1.807) is 6.92 Å². The number of carbonyl (C=O) groups is 1. The van der Waals surface area contributed by atoms with E-state index in [9.17, 15) is 4.79 Å². The second kappa shape index (κ2) is 5.29. The number of carbonyl (C=O) groups excluding carboxylic acids is 1. The third-order valence-corrected chi connectivity index (χ3v) is 2.79. The fourth-order valence-corrected chi connectivity index (χ4v) is 1.72. The second-order valence-electron chi connectivity index (χ2n) is 3.76. The molecule has 0 radical (unpaired) electrons. The maximum atomic E-state index is 11.7. The van der Waals surface area contributed by atoms with E-state index >= 15 is 0 Å². The molecule has 1 aliphatic rings. The van der Waals surface area contributed by atoms with Gasteiger partial charge in [-0.2, -0.15) is 0 Å². The molecule has 0 saturated heterocycles. The first-order valence-electron chi connectivity index (χ1n) is 5.49. The third kappa shape index (κ3) is 1.91. The van der Waals surface area contributed by atoms with Gasteiger partial charge in [-0.3, -0.25) is 4.79 Å². The summed E-state index contributed by atoms with van der Waals surface area (Å²) in [5.41, 5.74) is 1.31. The van der Waals surface area contributed by atoms with Gasteiger partial charge < -0.3 is 9.47 Å². The third-order valence-electron chi connectivity index (χ3n) is 2.79. The maximum Gasteiger partial charge on any atom is 0.268 e. The van der Waals surface area contributed by atoms with Crippen molar-refractivity contribution in [2.75, 3.05) is 14.2 Å². The Morgan fingerprint density at radius 3 is 2.44 bits per heavy atom. The topological polar surface area (TPSA) is 35.5 Å². The first-order chi connectivity index (χ1) is 7.64. The first kappa shape index (κ1) is 13.0. The predicted octanol–water partition coefficient (Wildman–Crippen LogP) is 2.07. The average Bonchev–Trinajstić information content (AvgIpc) is 2.32. The fraction of sp³-hybridized carbons (Fsp3) is 0.615. The van der Waals surface area contributed by atoms with Gasteiger partial charge in [0.15, 0.2) is 0 Å². The molecule has 0 heterocycles. The summed E-state index contributed by atoms with van der Waals surface area (Å²) in [6.07, 6.45) is 3.02. The van der Waals surface area contributed by atoms with E-state index in [4.69, 9.17) is 9.47 Å². The quantitative estimate of drug-likeness (QED) is 0.415. The van der Waals surface area contributed by atoms with Crippen molar-refractivity contribution in [1.82, 2.24) is 0 Å². The van der Waals surface area contributed by atoms with Gasteiger partial charge in [-0.05, 0) is 13.3 Å². The predicted molar refractivity (Wildman–Crippen MR) is 61.8 cm³/mol. The Kier molecular flexibility index (Phi) is 4.28. The molecule has 0 bridgehead atoms. The molecule has 88 valence electrons. The zero-order valence-corrected chi connectivity index (χ0v) is 10.3. The molecular formula is C13H18O3. The van der Waals surface area contributed by atoms with Crippen molar-refractivity contribution < 1.29 is 14.3 Å². The van der Waals surface area contributed by atoms with Gasteiger partial charge in [0.2, 0.25) is 5.78 Å². The minimum atomic E-state index is -1.23. The lowest BCUT2D eigenvalue weighted by molar-refractivity contribution is -0.193. The van der Waals surface area contributed by atoms with Crippen molar-refractivity contribution in [2.24, 2.45) is 0 Å². The van der Waals surface area contributed by atoms with Crippen LogP contribution in [0, 0.1) is 11.8 Å². The number of unbranched alkanes of at least 4 members (excludes halogenated alkanes) is 2. The number of ketones is 1. The van der Waals surface area contributed by atoms with Gasteiger partial charge in [-0.15, -0.1) is 0 Å². The SMILES string of the molecule is CCCCC#CC1=C(C)C(=O)C1(OC)OC. The highest BCUT2D eigenvalue weighted by Gasteiger charge is 2.53. The molecule has 16 heavy (non-hydrogen) atoms. The zero-order valence-electron chi connectivity index (χ0n) is 10.3. The Morgan fingerprint density at radius 2 is 1.94 bits per heavy atom. The highest BCUT2D eigenvalue weighted by atomic mass is 16.7. The zero-order chi connectivity index (χ0) is 12.2. The van der Waals surface area contributed by atoms with Crippen molar-refractivity contribution in [3.63, 3.8) is 0 Å². The molecule has 0 aromatic heterocycles. The highest BCUT2D eigenvalue weighted by Crippen LogP contribution is 2.37. The van der Waals surface area contributed by atoms with Crippen LogP contribution in [0.4, 0.5) is 0 Å². The number of hydrogen-bond donors (Lipinski definition) is 0. The van der Waals surface area contributed by atoms with Crippen LogP contribution in [-0.4, -0.2) is 25.8 Å². The van der Waals surface area contributed by atoms with Crippen LogP contribution < -0.4 is 0 Å². The Bertz CT molecular complexity index is 364. The number of ether oxygens (including phenoxy) is 2. The molecule has 0 spiro atoms. The van der Waals surface area contributed by atoms with Gasteiger partial charge in [0.1, 0.15) is 0 Å². The maximum absolute atomic E-state index is 11.7. The summed E-state index contributed by atoms with van der Waals surface area (Å²) in [7, 11) is 2.92. The average molecular weight is 222 g/mol. The molecule has 0 atom stereocenters. The lowest BCUT2D eigenvalue weighted by atomic mass is 9.81. The number of methoxy groups -OCH3 is 2. The smallest absolute Gasteiger partial charge is 0.268 e. The van der Waals surface area contributed by atoms with Crippen LogP contribution >= 0.6 is 0 Å². The van der Waals surface area contributed by atoms with Crippen molar-refractivity contribution in [3.8, 4) is 11.8 Å². The highest BCUT2D eigenvalue weighted by molar-refractivity contribution is 6.12. The molecule has 0 amide bonds. The molecule has 0 unspecified atom stereocenters. The largest absolute Gasteiger partial charge is 0.343 e. The Hall–Kier alpha value is -1.11. The molecule has 0 aromatic carbocycles. The van der Waals surface area contributed by atoms with Gasteiger partial charge in [0.25, 0.3) is 5.79 Å². The number of hydrogen-bond acceptors (Lipinski definition) is 3. The van der Waals surface area contributed by atoms with Gasteiger partial charge >= 0.3 is 0 Å². The molecule has 1 aliphatic carbocycles. The summed E-state index contributed by atoms with van der Waals surface area (Å²) in [5.74, 6) is 4.67. The Morgan fingerprint density at radius 1 is 1.31 bits per heavy atom. The lowest BCUT2D eigenvalue weighted by Gasteiger charge is -2.37. The van der Waals surface area contributed by atoms with E-state index in [0.717, 1.165) is 19.3 Å². The molecule has 0 saturated carbocycles. The number of rotatable bonds is 4. The van der Waals surface area contributed by atoms with Crippen LogP contribution in [0.5, 0.6) is 0 Å². The summed E-state index contributed by atoms with van der Waals surface area (Å²) < 4.78 is 10.3.